The van der Waals surface area contributed by atoms with E-state index >= 15 is 0 Å². The van der Waals surface area contributed by atoms with Gasteiger partial charge in [-0.2, -0.15) is 0 Å². The van der Waals surface area contributed by atoms with Crippen LogP contribution in [0.15, 0.2) is 18.2 Å². The first-order valence-corrected chi connectivity index (χ1v) is 6.40. The van der Waals surface area contributed by atoms with Crippen LogP contribution in [0.5, 0.6) is 0 Å². The number of hydrogen-bond donors (Lipinski definition) is 2. The van der Waals surface area contributed by atoms with E-state index in [1.54, 1.807) is 6.07 Å². The van der Waals surface area contributed by atoms with E-state index in [1.165, 1.54) is 31.4 Å². The van der Waals surface area contributed by atoms with E-state index in [1.807, 2.05) is 0 Å². The number of anilines is 1. The van der Waals surface area contributed by atoms with E-state index in [0.717, 1.165) is 6.42 Å². The second kappa shape index (κ2) is 5.69. The van der Waals surface area contributed by atoms with Crippen LogP contribution in [-0.2, 0) is 0 Å². The fourth-order valence-electron chi connectivity index (χ4n) is 2.21. The first kappa shape index (κ1) is 13.3. The molecule has 0 radical (unpaired) electrons. The van der Waals surface area contributed by atoms with Crippen molar-refractivity contribution in [2.45, 2.75) is 25.7 Å². The number of nitrogens with zero attached hydrogens (tertiary/aromatic N) is 1. The maximum Gasteiger partial charge on any atom is 0.304 e. The smallest absolute Gasteiger partial charge is 0.304 e. The second-order valence-corrected chi connectivity index (χ2v) is 4.84. The van der Waals surface area contributed by atoms with Gasteiger partial charge in [0.05, 0.1) is 4.92 Å². The van der Waals surface area contributed by atoms with Gasteiger partial charge in [-0.1, -0.05) is 25.3 Å². The number of nitrogens with one attached hydrogen (secondary N) is 1. The van der Waals surface area contributed by atoms with E-state index in [-0.39, 0.29) is 16.9 Å². The molecule has 0 heterocycles. The van der Waals surface area contributed by atoms with Crippen LogP contribution >= 0.6 is 0 Å². The minimum absolute atomic E-state index is 0.0108. The maximum atomic E-state index is 11.9. The predicted octanol–water partition coefficient (Wildman–Crippen LogP) is 2.10. The van der Waals surface area contributed by atoms with Gasteiger partial charge in [0.25, 0.3) is 5.91 Å². The largest absolute Gasteiger partial charge is 0.393 e. The molecule has 3 N–H and O–H groups in total. The third-order valence-electron chi connectivity index (χ3n) is 3.56. The van der Waals surface area contributed by atoms with Gasteiger partial charge in [-0.3, -0.25) is 14.9 Å². The van der Waals surface area contributed by atoms with Crippen molar-refractivity contribution in [3.05, 3.63) is 33.9 Å². The van der Waals surface area contributed by atoms with Crippen LogP contribution in [0.3, 0.4) is 0 Å². The first-order valence-electron chi connectivity index (χ1n) is 6.40. The van der Waals surface area contributed by atoms with Gasteiger partial charge in [0.2, 0.25) is 0 Å². The van der Waals surface area contributed by atoms with Gasteiger partial charge in [0.15, 0.2) is 0 Å². The first-order chi connectivity index (χ1) is 9.09. The lowest BCUT2D eigenvalue weighted by Crippen LogP contribution is -2.28. The number of rotatable bonds is 5. The standard InChI is InChI=1S/C13H17N3O3/c14-11-6-2-5-10(12(11)16(18)19)13(17)15-8-7-9-3-1-4-9/h2,5-6,9H,1,3-4,7-8,14H2,(H,15,17). The Morgan fingerprint density at radius 3 is 2.79 bits per heavy atom. The highest BCUT2D eigenvalue weighted by Crippen LogP contribution is 2.29. The Kier molecular flexibility index (Phi) is 3.99. The summed E-state index contributed by atoms with van der Waals surface area (Å²) in [5.74, 6) is 0.259. The molecule has 0 aromatic heterocycles. The van der Waals surface area contributed by atoms with Crippen molar-refractivity contribution in [3.8, 4) is 0 Å². The molecule has 0 unspecified atom stereocenters. The molecule has 1 aromatic carbocycles. The average Bonchev–Trinajstić information content (AvgIpc) is 2.31. The highest BCUT2D eigenvalue weighted by atomic mass is 16.6. The van der Waals surface area contributed by atoms with Gasteiger partial charge in [-0.05, 0) is 24.5 Å². The van der Waals surface area contributed by atoms with Gasteiger partial charge in [-0.15, -0.1) is 0 Å². The number of carbonyl (C=O) groups is 1. The molecule has 1 aromatic rings. The van der Waals surface area contributed by atoms with Crippen LogP contribution in [0, 0.1) is 16.0 Å². The van der Waals surface area contributed by atoms with Crippen molar-refractivity contribution in [3.63, 3.8) is 0 Å². The normalized spacial score (nSPS) is 14.7. The number of nitro groups is 1. The Balaban J connectivity index is 2.01. The van der Waals surface area contributed by atoms with Gasteiger partial charge in [-0.25, -0.2) is 0 Å². The molecule has 2 rings (SSSR count). The Morgan fingerprint density at radius 1 is 1.47 bits per heavy atom. The maximum absolute atomic E-state index is 11.9. The lowest BCUT2D eigenvalue weighted by molar-refractivity contribution is -0.384. The summed E-state index contributed by atoms with van der Waals surface area (Å²) in [5.41, 5.74) is 5.27. The Bertz CT molecular complexity index is 498. The van der Waals surface area contributed by atoms with Gasteiger partial charge in [0, 0.05) is 6.54 Å². The fourth-order valence-corrected chi connectivity index (χ4v) is 2.21. The molecule has 6 heteroatoms. The molecule has 0 saturated heterocycles. The number of hydrogen-bond acceptors (Lipinski definition) is 4. The topological polar surface area (TPSA) is 98.3 Å². The fraction of sp³-hybridized carbons (Fsp3) is 0.462. The zero-order chi connectivity index (χ0) is 13.8. The number of nitrogen functional groups attached to an aromatic ring is 1. The van der Waals surface area contributed by atoms with Crippen molar-refractivity contribution in [2.75, 3.05) is 12.3 Å². The zero-order valence-corrected chi connectivity index (χ0v) is 10.6. The summed E-state index contributed by atoms with van der Waals surface area (Å²) in [6, 6.07) is 4.39. The summed E-state index contributed by atoms with van der Waals surface area (Å²) in [5, 5.41) is 13.7. The molecule has 0 aliphatic heterocycles. The molecule has 1 amide bonds. The van der Waals surface area contributed by atoms with Crippen LogP contribution < -0.4 is 11.1 Å². The van der Waals surface area contributed by atoms with Crippen LogP contribution in [0.25, 0.3) is 0 Å². The van der Waals surface area contributed by atoms with Crippen molar-refractivity contribution in [1.82, 2.24) is 5.32 Å². The minimum Gasteiger partial charge on any atom is -0.393 e. The summed E-state index contributed by atoms with van der Waals surface area (Å²) < 4.78 is 0. The number of amides is 1. The molecule has 0 atom stereocenters. The zero-order valence-electron chi connectivity index (χ0n) is 10.6. The van der Waals surface area contributed by atoms with Crippen LogP contribution in [0.4, 0.5) is 11.4 Å². The van der Waals surface area contributed by atoms with E-state index in [4.69, 9.17) is 5.73 Å². The quantitative estimate of drug-likeness (QED) is 0.482. The lowest BCUT2D eigenvalue weighted by atomic mass is 9.83. The summed E-state index contributed by atoms with van der Waals surface area (Å²) >= 11 is 0. The molecule has 1 aliphatic rings. The van der Waals surface area contributed by atoms with E-state index in [9.17, 15) is 14.9 Å². The minimum atomic E-state index is -0.615. The Labute approximate surface area is 111 Å². The molecule has 19 heavy (non-hydrogen) atoms. The molecule has 0 bridgehead atoms. The highest BCUT2D eigenvalue weighted by molar-refractivity contribution is 6.00. The molecule has 1 saturated carbocycles. The summed E-state index contributed by atoms with van der Waals surface area (Å²) in [7, 11) is 0. The summed E-state index contributed by atoms with van der Waals surface area (Å²) in [6.07, 6.45) is 4.63. The SMILES string of the molecule is Nc1cccc(C(=O)NCCC2CCC2)c1[N+](=O)[O-]. The van der Waals surface area contributed by atoms with Crippen molar-refractivity contribution in [2.24, 2.45) is 5.92 Å². The number of benzene rings is 1. The van der Waals surface area contributed by atoms with Gasteiger partial charge >= 0.3 is 5.69 Å². The predicted molar refractivity (Wildman–Crippen MR) is 71.8 cm³/mol. The third-order valence-corrected chi connectivity index (χ3v) is 3.56. The number of carbonyl (C=O) groups excluding carboxylic acids is 1. The summed E-state index contributed by atoms with van der Waals surface area (Å²) in [4.78, 5) is 22.3. The molecular weight excluding hydrogens is 246 g/mol. The van der Waals surface area contributed by atoms with E-state index in [2.05, 4.69) is 5.32 Å². The molecular formula is C13H17N3O3. The number of nitrogens with two attached hydrogens (primary N) is 1. The number of para-hydroxylation sites is 1. The lowest BCUT2D eigenvalue weighted by Gasteiger charge is -2.25. The van der Waals surface area contributed by atoms with Crippen molar-refractivity contribution < 1.29 is 9.72 Å². The highest BCUT2D eigenvalue weighted by Gasteiger charge is 2.23. The van der Waals surface area contributed by atoms with Crippen molar-refractivity contribution in [1.29, 1.82) is 0 Å². The monoisotopic (exact) mass is 263 g/mol. The Morgan fingerprint density at radius 2 is 2.21 bits per heavy atom. The second-order valence-electron chi connectivity index (χ2n) is 4.84. The molecule has 1 aliphatic carbocycles. The Hall–Kier alpha value is -2.11. The molecule has 6 nitrogen and oxygen atoms in total. The van der Waals surface area contributed by atoms with Gasteiger partial charge in [0.1, 0.15) is 11.3 Å². The van der Waals surface area contributed by atoms with E-state index < -0.39 is 10.8 Å². The van der Waals surface area contributed by atoms with Crippen molar-refractivity contribution >= 4 is 17.3 Å². The summed E-state index contributed by atoms with van der Waals surface area (Å²) in [6.45, 7) is 0.551. The van der Waals surface area contributed by atoms with Crippen LogP contribution in [0.2, 0.25) is 0 Å². The third kappa shape index (κ3) is 3.01. The van der Waals surface area contributed by atoms with Gasteiger partial charge < -0.3 is 11.1 Å². The van der Waals surface area contributed by atoms with Crippen LogP contribution in [0.1, 0.15) is 36.0 Å². The van der Waals surface area contributed by atoms with E-state index in [0.29, 0.717) is 12.5 Å². The number of nitro benzene ring substituents is 1. The van der Waals surface area contributed by atoms with Crippen LogP contribution in [-0.4, -0.2) is 17.4 Å². The molecule has 1 fully saturated rings. The average molecular weight is 263 g/mol. The molecule has 102 valence electrons. The molecule has 0 spiro atoms.